The first-order chi connectivity index (χ1) is 13.5. The normalized spacial score (nSPS) is 15.8. The Bertz CT molecular complexity index is 1050. The fraction of sp³-hybridized carbons (Fsp3) is 0.200. The van der Waals surface area contributed by atoms with Crippen molar-refractivity contribution in [1.29, 1.82) is 0 Å². The standard InChI is InChI=1S/C20H17FN4O2S/c1-12-2-6-14(7-3-12)19-16(11-18(26)27)28-20-23-22-17(25(20)24-19)10-13-4-8-15(21)9-5-13/h2-9,16H,10-11H2,1H3,(H,26,27)/p-1/t16-/m1/s1. The van der Waals surface area contributed by atoms with Gasteiger partial charge in [-0.25, -0.2) is 4.39 Å². The molecule has 0 bridgehead atoms. The van der Waals surface area contributed by atoms with Gasteiger partial charge in [0.05, 0.1) is 11.0 Å². The average molecular weight is 395 g/mol. The Labute approximate surface area is 165 Å². The van der Waals surface area contributed by atoms with Gasteiger partial charge >= 0.3 is 0 Å². The van der Waals surface area contributed by atoms with E-state index in [0.717, 1.165) is 16.7 Å². The Hall–Kier alpha value is -3.00. The molecule has 1 atom stereocenters. The van der Waals surface area contributed by atoms with E-state index in [4.69, 9.17) is 0 Å². The van der Waals surface area contributed by atoms with E-state index < -0.39 is 11.2 Å². The van der Waals surface area contributed by atoms with Crippen LogP contribution in [0.15, 0.2) is 58.8 Å². The summed E-state index contributed by atoms with van der Waals surface area (Å²) in [4.78, 5) is 11.2. The van der Waals surface area contributed by atoms with Crippen molar-refractivity contribution in [3.05, 3.63) is 76.9 Å². The number of halogens is 1. The van der Waals surface area contributed by atoms with Crippen molar-refractivity contribution in [2.45, 2.75) is 30.2 Å². The Morgan fingerprint density at radius 1 is 1.14 bits per heavy atom. The summed E-state index contributed by atoms with van der Waals surface area (Å²) in [5, 5.41) is 24.4. The number of fused-ring (bicyclic) bond motifs is 1. The van der Waals surface area contributed by atoms with Crippen molar-refractivity contribution in [2.75, 3.05) is 0 Å². The molecule has 28 heavy (non-hydrogen) atoms. The zero-order valence-electron chi connectivity index (χ0n) is 15.0. The number of carbonyl (C=O) groups excluding carboxylic acids is 1. The van der Waals surface area contributed by atoms with E-state index in [1.165, 1.54) is 23.9 Å². The van der Waals surface area contributed by atoms with Gasteiger partial charge in [-0.05, 0) is 30.2 Å². The fourth-order valence-electron chi connectivity index (χ4n) is 2.98. The Kier molecular flexibility index (Phi) is 4.95. The number of hydrogen-bond acceptors (Lipinski definition) is 6. The largest absolute Gasteiger partial charge is 0.550 e. The minimum atomic E-state index is -1.14. The molecule has 3 aromatic rings. The maximum absolute atomic E-state index is 13.1. The number of carboxylic acid groups (broad SMARTS) is 1. The Balaban J connectivity index is 1.72. The number of aromatic nitrogens is 3. The molecule has 1 aliphatic rings. The van der Waals surface area contributed by atoms with E-state index in [2.05, 4.69) is 15.3 Å². The third kappa shape index (κ3) is 3.82. The quantitative estimate of drug-likeness (QED) is 0.661. The molecule has 1 aromatic heterocycles. The van der Waals surface area contributed by atoms with Gasteiger partial charge in [-0.3, -0.25) is 0 Å². The monoisotopic (exact) mass is 395 g/mol. The van der Waals surface area contributed by atoms with Crippen LogP contribution in [0.1, 0.15) is 28.9 Å². The molecule has 4 rings (SSSR count). The van der Waals surface area contributed by atoms with Crippen LogP contribution in [0.3, 0.4) is 0 Å². The first-order valence-corrected chi connectivity index (χ1v) is 9.59. The number of carboxylic acids is 1. The molecule has 0 N–H and O–H groups in total. The van der Waals surface area contributed by atoms with Crippen LogP contribution >= 0.6 is 11.8 Å². The molecule has 0 spiro atoms. The van der Waals surface area contributed by atoms with E-state index in [9.17, 15) is 14.3 Å². The fourth-order valence-corrected chi connectivity index (χ4v) is 4.08. The van der Waals surface area contributed by atoms with Gasteiger partial charge in [0.1, 0.15) is 5.82 Å². The number of thioether (sulfide) groups is 1. The van der Waals surface area contributed by atoms with E-state index in [0.29, 0.717) is 23.1 Å². The molecule has 2 heterocycles. The van der Waals surface area contributed by atoms with Gasteiger partial charge < -0.3 is 9.90 Å². The third-order valence-electron chi connectivity index (χ3n) is 4.41. The highest BCUT2D eigenvalue weighted by Gasteiger charge is 2.29. The molecule has 0 unspecified atom stereocenters. The topological polar surface area (TPSA) is 83.2 Å². The number of benzene rings is 2. The average Bonchev–Trinajstić information content (AvgIpc) is 3.05. The van der Waals surface area contributed by atoms with Crippen molar-refractivity contribution in [3.63, 3.8) is 0 Å². The lowest BCUT2D eigenvalue weighted by Crippen LogP contribution is -2.33. The van der Waals surface area contributed by atoms with Gasteiger partial charge in [-0.15, -0.1) is 10.2 Å². The number of aliphatic carboxylic acids is 1. The van der Waals surface area contributed by atoms with Crippen molar-refractivity contribution < 1.29 is 14.3 Å². The van der Waals surface area contributed by atoms with Crippen LogP contribution in [0, 0.1) is 12.7 Å². The molecule has 142 valence electrons. The first-order valence-electron chi connectivity index (χ1n) is 8.71. The second-order valence-corrected chi connectivity index (χ2v) is 7.72. The highest BCUT2D eigenvalue weighted by atomic mass is 32.2. The van der Waals surface area contributed by atoms with E-state index in [1.807, 2.05) is 31.2 Å². The summed E-state index contributed by atoms with van der Waals surface area (Å²) in [6.07, 6.45) is 0.265. The minimum Gasteiger partial charge on any atom is -0.550 e. The number of aryl methyl sites for hydroxylation is 1. The van der Waals surface area contributed by atoms with E-state index in [-0.39, 0.29) is 12.2 Å². The van der Waals surface area contributed by atoms with Gasteiger partial charge in [-0.1, -0.05) is 53.7 Å². The smallest absolute Gasteiger partial charge is 0.212 e. The zero-order chi connectivity index (χ0) is 19.7. The molecule has 0 saturated heterocycles. The lowest BCUT2D eigenvalue weighted by Gasteiger charge is -2.23. The predicted molar refractivity (Wildman–Crippen MR) is 102 cm³/mol. The maximum atomic E-state index is 13.1. The summed E-state index contributed by atoms with van der Waals surface area (Å²) in [6.45, 7) is 1.98. The second-order valence-electron chi connectivity index (χ2n) is 6.55. The van der Waals surface area contributed by atoms with Gasteiger partial charge in [0.15, 0.2) is 5.82 Å². The number of hydrogen-bond donors (Lipinski definition) is 0. The van der Waals surface area contributed by atoms with Crippen molar-refractivity contribution >= 4 is 23.4 Å². The van der Waals surface area contributed by atoms with Crippen molar-refractivity contribution in [2.24, 2.45) is 5.10 Å². The number of carbonyl (C=O) groups is 1. The lowest BCUT2D eigenvalue weighted by molar-refractivity contribution is -0.305. The molecule has 6 nitrogen and oxygen atoms in total. The highest BCUT2D eigenvalue weighted by Crippen LogP contribution is 2.32. The molecule has 0 aliphatic carbocycles. The van der Waals surface area contributed by atoms with Crippen LogP contribution in [0.25, 0.3) is 0 Å². The summed E-state index contributed by atoms with van der Waals surface area (Å²) in [6, 6.07) is 13.9. The summed E-state index contributed by atoms with van der Waals surface area (Å²) < 4.78 is 14.8. The summed E-state index contributed by atoms with van der Waals surface area (Å²) in [5.74, 6) is -0.838. The van der Waals surface area contributed by atoms with Crippen molar-refractivity contribution in [1.82, 2.24) is 14.9 Å². The Morgan fingerprint density at radius 2 is 1.86 bits per heavy atom. The van der Waals surface area contributed by atoms with Gasteiger partial charge in [-0.2, -0.15) is 9.78 Å². The molecule has 0 saturated carbocycles. The minimum absolute atomic E-state index is 0.169. The van der Waals surface area contributed by atoms with Gasteiger partial charge in [0, 0.05) is 18.8 Å². The van der Waals surface area contributed by atoms with Crippen LogP contribution in [-0.2, 0) is 11.2 Å². The first kappa shape index (κ1) is 18.4. The number of nitrogens with zero attached hydrogens (tertiary/aromatic N) is 4. The molecule has 0 radical (unpaired) electrons. The van der Waals surface area contributed by atoms with Crippen LogP contribution in [0.4, 0.5) is 4.39 Å². The molecule has 0 amide bonds. The highest BCUT2D eigenvalue weighted by molar-refractivity contribution is 8.00. The predicted octanol–water partition coefficient (Wildman–Crippen LogP) is 2.18. The molecular weight excluding hydrogens is 379 g/mol. The molecule has 1 aliphatic heterocycles. The van der Waals surface area contributed by atoms with Crippen LogP contribution in [0.5, 0.6) is 0 Å². The lowest BCUT2D eigenvalue weighted by atomic mass is 10.0. The summed E-state index contributed by atoms with van der Waals surface area (Å²) in [5.41, 5.74) is 3.47. The summed E-state index contributed by atoms with van der Waals surface area (Å²) in [7, 11) is 0. The summed E-state index contributed by atoms with van der Waals surface area (Å²) >= 11 is 1.30. The van der Waals surface area contributed by atoms with Crippen LogP contribution in [0.2, 0.25) is 0 Å². The van der Waals surface area contributed by atoms with Gasteiger partial charge in [0.2, 0.25) is 5.16 Å². The second kappa shape index (κ2) is 7.55. The molecule has 0 fully saturated rings. The maximum Gasteiger partial charge on any atom is 0.212 e. The zero-order valence-corrected chi connectivity index (χ0v) is 15.8. The molecule has 8 heteroatoms. The van der Waals surface area contributed by atoms with Crippen LogP contribution < -0.4 is 5.11 Å². The van der Waals surface area contributed by atoms with Gasteiger partial charge in [0.25, 0.3) is 0 Å². The van der Waals surface area contributed by atoms with E-state index in [1.54, 1.807) is 16.8 Å². The number of rotatable bonds is 5. The molecule has 2 aromatic carbocycles. The van der Waals surface area contributed by atoms with Crippen molar-refractivity contribution in [3.8, 4) is 0 Å². The SMILES string of the molecule is Cc1ccc(C2=Nn3c(Cc4ccc(F)cc4)nnc3S[C@@H]2CC(=O)[O-])cc1. The van der Waals surface area contributed by atoms with Crippen LogP contribution in [-0.4, -0.2) is 31.8 Å². The Morgan fingerprint density at radius 3 is 2.54 bits per heavy atom. The third-order valence-corrected chi connectivity index (χ3v) is 5.55. The molecular formula is C20H16FN4O2S-. The van der Waals surface area contributed by atoms with E-state index >= 15 is 0 Å².